The molecule has 198 valence electrons. The van der Waals surface area contributed by atoms with Crippen molar-refractivity contribution < 1.29 is 23.7 Å². The predicted octanol–water partition coefficient (Wildman–Crippen LogP) is 7.48. The van der Waals surface area contributed by atoms with Crippen molar-refractivity contribution in [1.29, 1.82) is 0 Å². The van der Waals surface area contributed by atoms with Crippen molar-refractivity contribution in [2.24, 2.45) is 5.41 Å². The molecule has 0 N–H and O–H groups in total. The molecule has 0 aliphatic heterocycles. The van der Waals surface area contributed by atoms with Gasteiger partial charge in [0, 0.05) is 31.6 Å². The Morgan fingerprint density at radius 1 is 0.606 bits per heavy atom. The van der Waals surface area contributed by atoms with Crippen LogP contribution in [0.3, 0.4) is 0 Å². The van der Waals surface area contributed by atoms with E-state index in [-0.39, 0.29) is 12.6 Å². The van der Waals surface area contributed by atoms with Crippen LogP contribution in [-0.2, 0) is 23.7 Å². The minimum absolute atomic E-state index is 0.160. The predicted molar refractivity (Wildman–Crippen MR) is 141 cm³/mol. The van der Waals surface area contributed by atoms with Crippen molar-refractivity contribution in [3.8, 4) is 0 Å². The molecule has 0 aliphatic carbocycles. The molecule has 0 heterocycles. The first-order chi connectivity index (χ1) is 16.1. The molecule has 0 aromatic rings. The number of unbranched alkanes of at least 4 members (excludes halogenated alkanes) is 9. The van der Waals surface area contributed by atoms with Gasteiger partial charge in [-0.15, -0.1) is 0 Å². The van der Waals surface area contributed by atoms with Gasteiger partial charge >= 0.3 is 5.97 Å². The van der Waals surface area contributed by atoms with Crippen molar-refractivity contribution in [3.05, 3.63) is 0 Å². The average molecular weight is 538 g/mol. The maximum absolute atomic E-state index is 12.2. The van der Waals surface area contributed by atoms with E-state index in [1.807, 2.05) is 0 Å². The largest absolute Gasteiger partial charge is 0.465 e. The molecule has 0 amide bonds. The summed E-state index contributed by atoms with van der Waals surface area (Å²) in [6.07, 6.45) is 15.3. The number of alkyl halides is 1. The Hall–Kier alpha value is -0.170. The first kappa shape index (κ1) is 32.8. The second-order valence-corrected chi connectivity index (χ2v) is 10.1. The second kappa shape index (κ2) is 24.9. The van der Waals surface area contributed by atoms with Crippen molar-refractivity contribution in [3.63, 3.8) is 0 Å². The van der Waals surface area contributed by atoms with Crippen LogP contribution in [0, 0.1) is 5.41 Å². The van der Waals surface area contributed by atoms with Crippen LogP contribution in [0.15, 0.2) is 0 Å². The van der Waals surface area contributed by atoms with E-state index in [1.54, 1.807) is 0 Å². The summed E-state index contributed by atoms with van der Waals surface area (Å²) < 4.78 is 24.0. The van der Waals surface area contributed by atoms with E-state index in [0.29, 0.717) is 26.2 Å². The lowest BCUT2D eigenvalue weighted by Crippen LogP contribution is -2.42. The van der Waals surface area contributed by atoms with Gasteiger partial charge in [0.25, 0.3) is 0 Å². The molecular formula is C27H53BrO5. The normalized spacial score (nSPS) is 11.8. The molecule has 0 atom stereocenters. The highest BCUT2D eigenvalue weighted by atomic mass is 79.9. The number of rotatable bonds is 26. The van der Waals surface area contributed by atoms with Crippen LogP contribution in [0.2, 0.25) is 0 Å². The molecule has 0 rings (SSSR count). The van der Waals surface area contributed by atoms with Crippen LogP contribution in [0.25, 0.3) is 0 Å². The van der Waals surface area contributed by atoms with E-state index in [4.69, 9.17) is 18.9 Å². The van der Waals surface area contributed by atoms with E-state index in [1.165, 1.54) is 57.8 Å². The van der Waals surface area contributed by atoms with Gasteiger partial charge in [-0.2, -0.15) is 0 Å². The first-order valence-electron chi connectivity index (χ1n) is 13.6. The van der Waals surface area contributed by atoms with Gasteiger partial charge < -0.3 is 18.9 Å². The average Bonchev–Trinajstić information content (AvgIpc) is 2.82. The van der Waals surface area contributed by atoms with Crippen molar-refractivity contribution in [2.75, 3.05) is 51.6 Å². The van der Waals surface area contributed by atoms with E-state index in [9.17, 15) is 4.79 Å². The summed E-state index contributed by atoms with van der Waals surface area (Å²) >= 11 is 3.38. The minimum atomic E-state index is -0.454. The Morgan fingerprint density at radius 2 is 1.03 bits per heavy atom. The maximum atomic E-state index is 12.2. The van der Waals surface area contributed by atoms with E-state index in [2.05, 4.69) is 36.7 Å². The zero-order chi connectivity index (χ0) is 24.5. The number of hydrogen-bond donors (Lipinski definition) is 0. The number of halogens is 1. The molecule has 33 heavy (non-hydrogen) atoms. The third kappa shape index (κ3) is 20.9. The van der Waals surface area contributed by atoms with Gasteiger partial charge in [0.05, 0.1) is 25.2 Å². The van der Waals surface area contributed by atoms with Crippen LogP contribution < -0.4 is 0 Å². The fraction of sp³-hybridized carbons (Fsp3) is 0.963. The topological polar surface area (TPSA) is 54.0 Å². The van der Waals surface area contributed by atoms with Gasteiger partial charge in [-0.3, -0.25) is 4.79 Å². The summed E-state index contributed by atoms with van der Waals surface area (Å²) in [5.74, 6) is -0.160. The Labute approximate surface area is 213 Å². The lowest BCUT2D eigenvalue weighted by Gasteiger charge is -2.32. The zero-order valence-corrected chi connectivity index (χ0v) is 23.6. The molecule has 0 unspecified atom stereocenters. The minimum Gasteiger partial charge on any atom is -0.465 e. The molecule has 0 aromatic heterocycles. The fourth-order valence-corrected chi connectivity index (χ4v) is 3.81. The SMILES string of the molecule is CCCCCCOCC(COCCCCCC)(COCCCCCC)COC(=O)CCCBr. The van der Waals surface area contributed by atoms with Crippen molar-refractivity contribution in [1.82, 2.24) is 0 Å². The number of carbonyl (C=O) groups excluding carboxylic acids is 1. The van der Waals surface area contributed by atoms with E-state index >= 15 is 0 Å². The molecular weight excluding hydrogens is 484 g/mol. The van der Waals surface area contributed by atoms with Gasteiger partial charge in [-0.1, -0.05) is 94.5 Å². The zero-order valence-electron chi connectivity index (χ0n) is 22.0. The highest BCUT2D eigenvalue weighted by Gasteiger charge is 2.34. The Morgan fingerprint density at radius 3 is 1.39 bits per heavy atom. The highest BCUT2D eigenvalue weighted by molar-refractivity contribution is 9.09. The summed E-state index contributed by atoms with van der Waals surface area (Å²) in [4.78, 5) is 12.2. The molecule has 0 aromatic carbocycles. The summed E-state index contributed by atoms with van der Waals surface area (Å²) in [6, 6.07) is 0. The van der Waals surface area contributed by atoms with Gasteiger partial charge in [-0.05, 0) is 25.7 Å². The molecule has 0 bridgehead atoms. The first-order valence-corrected chi connectivity index (χ1v) is 14.7. The fourth-order valence-electron chi connectivity index (χ4n) is 3.53. The third-order valence-corrected chi connectivity index (χ3v) is 6.27. The van der Waals surface area contributed by atoms with Crippen LogP contribution in [0.4, 0.5) is 0 Å². The standard InChI is InChI=1S/C27H53BrO5/c1-4-7-10-13-19-30-22-27(23-31-20-14-11-8-5-2,24-32-21-15-12-9-6-3)25-33-26(29)17-16-18-28/h4-25H2,1-3H3. The lowest BCUT2D eigenvalue weighted by atomic mass is 9.92. The number of carbonyl (C=O) groups is 1. The smallest absolute Gasteiger partial charge is 0.305 e. The van der Waals surface area contributed by atoms with Crippen LogP contribution in [-0.4, -0.2) is 57.5 Å². The monoisotopic (exact) mass is 536 g/mol. The maximum Gasteiger partial charge on any atom is 0.305 e. The summed E-state index contributed by atoms with van der Waals surface area (Å²) in [5.41, 5.74) is -0.454. The number of hydrogen-bond acceptors (Lipinski definition) is 5. The van der Waals surface area contributed by atoms with Crippen molar-refractivity contribution in [2.45, 2.75) is 111 Å². The van der Waals surface area contributed by atoms with Crippen LogP contribution in [0.1, 0.15) is 111 Å². The summed E-state index contributed by atoms with van der Waals surface area (Å²) in [7, 11) is 0. The molecule has 0 aliphatic rings. The van der Waals surface area contributed by atoms with E-state index < -0.39 is 5.41 Å². The van der Waals surface area contributed by atoms with Gasteiger partial charge in [0.2, 0.25) is 0 Å². The van der Waals surface area contributed by atoms with Crippen molar-refractivity contribution >= 4 is 21.9 Å². The molecule has 0 fully saturated rings. The highest BCUT2D eigenvalue weighted by Crippen LogP contribution is 2.22. The third-order valence-electron chi connectivity index (χ3n) is 5.71. The Balaban J connectivity index is 4.90. The summed E-state index contributed by atoms with van der Waals surface area (Å²) in [6.45, 7) is 10.6. The number of esters is 1. The van der Waals surface area contributed by atoms with Gasteiger partial charge in [0.15, 0.2) is 0 Å². The molecule has 6 heteroatoms. The molecule has 0 spiro atoms. The Kier molecular flexibility index (Phi) is 24.8. The lowest BCUT2D eigenvalue weighted by molar-refractivity contribution is -0.156. The quantitative estimate of drug-likeness (QED) is 0.0650. The van der Waals surface area contributed by atoms with Crippen LogP contribution in [0.5, 0.6) is 0 Å². The molecule has 0 saturated heterocycles. The Bertz CT molecular complexity index is 379. The molecule has 5 nitrogen and oxygen atoms in total. The molecule has 0 saturated carbocycles. The summed E-state index contributed by atoms with van der Waals surface area (Å²) in [5, 5.41) is 0.801. The number of ether oxygens (including phenoxy) is 4. The second-order valence-electron chi connectivity index (χ2n) is 9.29. The van der Waals surface area contributed by atoms with E-state index in [0.717, 1.165) is 50.8 Å². The van der Waals surface area contributed by atoms with Gasteiger partial charge in [0.1, 0.15) is 6.61 Å². The van der Waals surface area contributed by atoms with Gasteiger partial charge in [-0.25, -0.2) is 0 Å². The molecule has 0 radical (unpaired) electrons. The van der Waals surface area contributed by atoms with Crippen LogP contribution >= 0.6 is 15.9 Å².